The van der Waals surface area contributed by atoms with Crippen LogP contribution < -0.4 is 5.32 Å². The van der Waals surface area contributed by atoms with Crippen molar-refractivity contribution in [3.05, 3.63) is 59.7 Å². The van der Waals surface area contributed by atoms with Crippen molar-refractivity contribution in [1.29, 1.82) is 0 Å². The molecule has 2 nitrogen and oxygen atoms in total. The Morgan fingerprint density at radius 3 is 2.04 bits per heavy atom. The van der Waals surface area contributed by atoms with Crippen LogP contribution in [0, 0.1) is 0 Å². The maximum absolute atomic E-state index is 5.99. The first-order valence-electron chi connectivity index (χ1n) is 8.55. The highest BCUT2D eigenvalue weighted by atomic mass is 16.3. The van der Waals surface area contributed by atoms with Gasteiger partial charge in [0, 0.05) is 17.1 Å². The molecule has 0 aliphatic carbocycles. The SMILES string of the molecule is CC(C)(C)c1ccc(Nc2cc3c(C(C)(C)C)cccc3o2)cc1. The van der Waals surface area contributed by atoms with Crippen molar-refractivity contribution in [3.8, 4) is 0 Å². The molecule has 0 spiro atoms. The number of furan rings is 1. The quantitative estimate of drug-likeness (QED) is 0.563. The summed E-state index contributed by atoms with van der Waals surface area (Å²) in [6, 6.07) is 16.9. The Kier molecular flexibility index (Phi) is 3.95. The molecule has 0 bridgehead atoms. The number of nitrogens with one attached hydrogen (secondary N) is 1. The maximum Gasteiger partial charge on any atom is 0.198 e. The molecule has 3 rings (SSSR count). The van der Waals surface area contributed by atoms with Crippen LogP contribution in [0.25, 0.3) is 11.0 Å². The van der Waals surface area contributed by atoms with E-state index >= 15 is 0 Å². The second-order valence-corrected chi connectivity index (χ2v) is 8.53. The van der Waals surface area contributed by atoms with Gasteiger partial charge in [0.05, 0.1) is 0 Å². The predicted octanol–water partition coefficient (Wildman–Crippen LogP) is 6.77. The Bertz CT molecular complexity index is 842. The zero-order valence-corrected chi connectivity index (χ0v) is 15.5. The van der Waals surface area contributed by atoms with Crippen LogP contribution in [-0.4, -0.2) is 0 Å². The molecule has 0 saturated carbocycles. The lowest BCUT2D eigenvalue weighted by Gasteiger charge is -2.19. The minimum Gasteiger partial charge on any atom is -0.440 e. The molecule has 0 saturated heterocycles. The summed E-state index contributed by atoms with van der Waals surface area (Å²) in [6.07, 6.45) is 0. The van der Waals surface area contributed by atoms with Gasteiger partial charge in [-0.05, 0) is 40.2 Å². The van der Waals surface area contributed by atoms with Crippen molar-refractivity contribution in [1.82, 2.24) is 0 Å². The third-order valence-corrected chi connectivity index (χ3v) is 4.39. The molecular formula is C22H27NO. The van der Waals surface area contributed by atoms with E-state index in [0.717, 1.165) is 17.2 Å². The fraction of sp³-hybridized carbons (Fsp3) is 0.364. The smallest absolute Gasteiger partial charge is 0.198 e. The van der Waals surface area contributed by atoms with Crippen LogP contribution in [0.15, 0.2) is 52.9 Å². The van der Waals surface area contributed by atoms with Crippen LogP contribution in [0.3, 0.4) is 0 Å². The van der Waals surface area contributed by atoms with Gasteiger partial charge in [-0.3, -0.25) is 0 Å². The zero-order valence-electron chi connectivity index (χ0n) is 15.5. The van der Waals surface area contributed by atoms with Crippen molar-refractivity contribution in [3.63, 3.8) is 0 Å². The maximum atomic E-state index is 5.99. The van der Waals surface area contributed by atoms with Gasteiger partial charge in [-0.15, -0.1) is 0 Å². The normalized spacial score (nSPS) is 12.6. The lowest BCUT2D eigenvalue weighted by atomic mass is 9.85. The van der Waals surface area contributed by atoms with Crippen LogP contribution in [0.4, 0.5) is 11.6 Å². The molecule has 1 aromatic heterocycles. The summed E-state index contributed by atoms with van der Waals surface area (Å²) >= 11 is 0. The lowest BCUT2D eigenvalue weighted by Crippen LogP contribution is -2.10. The van der Waals surface area contributed by atoms with E-state index in [2.05, 4.69) is 89.3 Å². The first-order valence-corrected chi connectivity index (χ1v) is 8.55. The zero-order chi connectivity index (χ0) is 17.5. The molecule has 3 aromatic rings. The number of benzene rings is 2. The molecule has 2 heteroatoms. The minimum atomic E-state index is 0.0923. The van der Waals surface area contributed by atoms with Gasteiger partial charge in [-0.1, -0.05) is 65.8 Å². The largest absolute Gasteiger partial charge is 0.440 e. The van der Waals surface area contributed by atoms with Crippen molar-refractivity contribution in [2.75, 3.05) is 5.32 Å². The van der Waals surface area contributed by atoms with E-state index in [1.54, 1.807) is 0 Å². The lowest BCUT2D eigenvalue weighted by molar-refractivity contribution is 0.590. The molecule has 126 valence electrons. The second-order valence-electron chi connectivity index (χ2n) is 8.53. The second kappa shape index (κ2) is 5.70. The Hall–Kier alpha value is -2.22. The number of fused-ring (bicyclic) bond motifs is 1. The summed E-state index contributed by atoms with van der Waals surface area (Å²) in [6.45, 7) is 13.4. The van der Waals surface area contributed by atoms with Crippen LogP contribution in [0.1, 0.15) is 52.7 Å². The molecule has 0 amide bonds. The van der Waals surface area contributed by atoms with E-state index in [9.17, 15) is 0 Å². The van der Waals surface area contributed by atoms with E-state index in [1.165, 1.54) is 16.5 Å². The third kappa shape index (κ3) is 3.33. The van der Waals surface area contributed by atoms with Crippen molar-refractivity contribution < 1.29 is 4.42 Å². The molecule has 24 heavy (non-hydrogen) atoms. The molecule has 0 fully saturated rings. The summed E-state index contributed by atoms with van der Waals surface area (Å²) in [5.41, 5.74) is 4.86. The highest BCUT2D eigenvalue weighted by Gasteiger charge is 2.19. The van der Waals surface area contributed by atoms with E-state index in [0.29, 0.717) is 0 Å². The standard InChI is InChI=1S/C22H27NO/c1-21(2,3)15-10-12-16(13-11-15)23-20-14-17-18(22(4,5)6)8-7-9-19(17)24-20/h7-14,23H,1-6H3. The number of rotatable bonds is 2. The average molecular weight is 321 g/mol. The Labute approximate surface area is 144 Å². The van der Waals surface area contributed by atoms with Gasteiger partial charge in [-0.25, -0.2) is 0 Å². The van der Waals surface area contributed by atoms with Gasteiger partial charge in [-0.2, -0.15) is 0 Å². The van der Waals surface area contributed by atoms with Gasteiger partial charge in [0.1, 0.15) is 5.58 Å². The van der Waals surface area contributed by atoms with Gasteiger partial charge < -0.3 is 9.73 Å². The van der Waals surface area contributed by atoms with Crippen molar-refractivity contribution >= 4 is 22.5 Å². The molecule has 0 unspecified atom stereocenters. The fourth-order valence-electron chi connectivity index (χ4n) is 2.97. The van der Waals surface area contributed by atoms with Crippen LogP contribution in [0.5, 0.6) is 0 Å². The average Bonchev–Trinajstić information content (AvgIpc) is 2.87. The summed E-state index contributed by atoms with van der Waals surface area (Å²) in [5, 5.41) is 4.56. The van der Waals surface area contributed by atoms with Crippen LogP contribution >= 0.6 is 0 Å². The molecule has 1 N–H and O–H groups in total. The topological polar surface area (TPSA) is 25.2 Å². The van der Waals surface area contributed by atoms with E-state index in [-0.39, 0.29) is 10.8 Å². The van der Waals surface area contributed by atoms with Gasteiger partial charge in [0.2, 0.25) is 0 Å². The Morgan fingerprint density at radius 1 is 0.792 bits per heavy atom. The molecule has 2 aromatic carbocycles. The summed E-state index contributed by atoms with van der Waals surface area (Å²) in [7, 11) is 0. The Morgan fingerprint density at radius 2 is 1.46 bits per heavy atom. The summed E-state index contributed by atoms with van der Waals surface area (Å²) < 4.78 is 5.99. The molecule has 0 aliphatic heterocycles. The third-order valence-electron chi connectivity index (χ3n) is 4.39. The van der Waals surface area contributed by atoms with Crippen molar-refractivity contribution in [2.45, 2.75) is 52.4 Å². The first-order chi connectivity index (χ1) is 11.1. The molecule has 0 aliphatic rings. The van der Waals surface area contributed by atoms with Crippen LogP contribution in [0.2, 0.25) is 0 Å². The summed E-state index contributed by atoms with van der Waals surface area (Å²) in [5.74, 6) is 0.783. The monoisotopic (exact) mass is 321 g/mol. The number of hydrogen-bond donors (Lipinski definition) is 1. The van der Waals surface area contributed by atoms with Crippen LogP contribution in [-0.2, 0) is 10.8 Å². The summed E-state index contributed by atoms with van der Waals surface area (Å²) in [4.78, 5) is 0. The highest BCUT2D eigenvalue weighted by Crippen LogP contribution is 2.34. The molecule has 0 atom stereocenters. The van der Waals surface area contributed by atoms with Crippen molar-refractivity contribution in [2.24, 2.45) is 0 Å². The number of anilines is 2. The molecule has 0 radical (unpaired) electrons. The van der Waals surface area contributed by atoms with E-state index in [4.69, 9.17) is 4.42 Å². The highest BCUT2D eigenvalue weighted by molar-refractivity contribution is 5.86. The van der Waals surface area contributed by atoms with E-state index in [1.807, 2.05) is 6.07 Å². The molecular weight excluding hydrogens is 294 g/mol. The minimum absolute atomic E-state index is 0.0923. The van der Waals surface area contributed by atoms with Gasteiger partial charge in [0.15, 0.2) is 5.88 Å². The number of hydrogen-bond acceptors (Lipinski definition) is 2. The Balaban J connectivity index is 1.91. The fourth-order valence-corrected chi connectivity index (χ4v) is 2.97. The van der Waals surface area contributed by atoms with Gasteiger partial charge >= 0.3 is 0 Å². The molecule has 1 heterocycles. The van der Waals surface area contributed by atoms with E-state index < -0.39 is 0 Å². The van der Waals surface area contributed by atoms with Gasteiger partial charge in [0.25, 0.3) is 0 Å². The first kappa shape index (κ1) is 16.6. The predicted molar refractivity (Wildman–Crippen MR) is 103 cm³/mol.